The molecule has 1 aliphatic rings. The van der Waals surface area contributed by atoms with Gasteiger partial charge in [0.2, 0.25) is 0 Å². The summed E-state index contributed by atoms with van der Waals surface area (Å²) in [5.41, 5.74) is 0.834. The number of pyridine rings is 1. The van der Waals surface area contributed by atoms with Gasteiger partial charge >= 0.3 is 35.9 Å². The number of imidazole rings is 1. The van der Waals surface area contributed by atoms with Gasteiger partial charge in [-0.2, -0.15) is 0 Å². The fourth-order valence-electron chi connectivity index (χ4n) is 3.06. The average molecular weight is 411 g/mol. The first-order chi connectivity index (χ1) is 13.3. The maximum atomic E-state index is 12.6. The van der Waals surface area contributed by atoms with Gasteiger partial charge in [-0.05, 0) is 37.1 Å². The van der Waals surface area contributed by atoms with Gasteiger partial charge in [0, 0.05) is 29.6 Å². The van der Waals surface area contributed by atoms with Gasteiger partial charge < -0.3 is 19.2 Å². The van der Waals surface area contributed by atoms with Crippen molar-refractivity contribution in [3.8, 4) is 28.4 Å². The summed E-state index contributed by atoms with van der Waals surface area (Å²) in [6.45, 7) is 0. The molecule has 0 unspecified atom stereocenters. The van der Waals surface area contributed by atoms with Crippen molar-refractivity contribution in [2.45, 2.75) is 25.2 Å². The van der Waals surface area contributed by atoms with Gasteiger partial charge in [0.05, 0.1) is 17.4 Å². The zero-order chi connectivity index (χ0) is 19.9. The van der Waals surface area contributed by atoms with Gasteiger partial charge in [-0.3, -0.25) is 4.98 Å². The zero-order valence-corrected chi connectivity index (χ0v) is 17.3. The summed E-state index contributed by atoms with van der Waals surface area (Å²) in [5, 5.41) is 11.9. The molecule has 1 aliphatic carbocycles. The van der Waals surface area contributed by atoms with Crippen molar-refractivity contribution in [2.75, 3.05) is 0 Å². The van der Waals surface area contributed by atoms with Crippen molar-refractivity contribution >= 4 is 5.97 Å². The van der Waals surface area contributed by atoms with Gasteiger partial charge in [-0.15, -0.1) is 13.2 Å². The number of ether oxygens (including phenoxy) is 1. The van der Waals surface area contributed by atoms with Crippen molar-refractivity contribution in [1.29, 1.82) is 0 Å². The maximum absolute atomic E-state index is 12.6. The Labute approximate surface area is 185 Å². The van der Waals surface area contributed by atoms with Crippen LogP contribution >= 0.6 is 0 Å². The first-order valence-electron chi connectivity index (χ1n) is 8.43. The Balaban J connectivity index is 0.00000240. The Hall–Kier alpha value is -2.36. The topological polar surface area (TPSA) is 80.1 Å². The van der Waals surface area contributed by atoms with E-state index in [4.69, 9.17) is 0 Å². The number of aromatic nitrogens is 3. The third-order valence-corrected chi connectivity index (χ3v) is 4.28. The number of nitrogens with zero attached hydrogens (tertiary/aromatic N) is 3. The van der Waals surface area contributed by atoms with Crippen LogP contribution in [0.15, 0.2) is 48.8 Å². The smallest absolute Gasteiger partial charge is 0.543 e. The minimum atomic E-state index is -4.83. The molecule has 1 aromatic carbocycles. The van der Waals surface area contributed by atoms with Gasteiger partial charge in [0.15, 0.2) is 0 Å². The van der Waals surface area contributed by atoms with E-state index in [9.17, 15) is 23.1 Å². The van der Waals surface area contributed by atoms with Gasteiger partial charge in [-0.25, -0.2) is 4.98 Å². The fraction of sp³-hybridized carbons (Fsp3) is 0.211. The number of carbonyl (C=O) groups excluding carboxylic acids is 1. The van der Waals surface area contributed by atoms with Crippen molar-refractivity contribution < 1.29 is 57.4 Å². The summed E-state index contributed by atoms with van der Waals surface area (Å²) in [7, 11) is 0. The molecule has 4 rings (SSSR count). The summed E-state index contributed by atoms with van der Waals surface area (Å²) in [6, 6.07) is 8.49. The number of rotatable bonds is 5. The molecule has 1 fully saturated rings. The van der Waals surface area contributed by atoms with E-state index in [2.05, 4.69) is 14.7 Å². The summed E-state index contributed by atoms with van der Waals surface area (Å²) in [4.78, 5) is 20.3. The van der Waals surface area contributed by atoms with E-state index in [1.54, 1.807) is 24.4 Å². The van der Waals surface area contributed by atoms with Gasteiger partial charge in [-0.1, -0.05) is 12.1 Å². The fourth-order valence-corrected chi connectivity index (χ4v) is 3.06. The number of carboxylic acids is 1. The first-order valence-corrected chi connectivity index (χ1v) is 8.43. The molecule has 29 heavy (non-hydrogen) atoms. The number of carboxylic acid groups (broad SMARTS) is 1. The van der Waals surface area contributed by atoms with Gasteiger partial charge in [0.1, 0.15) is 11.6 Å². The van der Waals surface area contributed by atoms with Crippen LogP contribution in [-0.2, 0) is 0 Å². The first kappa shape index (κ1) is 21.4. The van der Waals surface area contributed by atoms with E-state index in [0.717, 1.165) is 12.8 Å². The van der Waals surface area contributed by atoms with E-state index >= 15 is 0 Å². The van der Waals surface area contributed by atoms with E-state index in [1.165, 1.54) is 29.0 Å². The van der Waals surface area contributed by atoms with E-state index in [1.807, 2.05) is 0 Å². The second kappa shape index (κ2) is 8.17. The summed E-state index contributed by atoms with van der Waals surface area (Å²) in [6.07, 6.45) is -0.330. The van der Waals surface area contributed by atoms with Crippen molar-refractivity contribution in [3.05, 3.63) is 54.5 Å². The minimum absolute atomic E-state index is 0. The molecule has 0 radical (unpaired) electrons. The Bertz CT molecular complexity index is 1030. The molecular formula is C19H13F3N3NaO3. The zero-order valence-electron chi connectivity index (χ0n) is 15.3. The molecule has 0 aliphatic heterocycles. The second-order valence-corrected chi connectivity index (χ2v) is 6.34. The molecule has 6 nitrogen and oxygen atoms in total. The maximum Gasteiger partial charge on any atom is 1.00 e. The van der Waals surface area contributed by atoms with Crippen molar-refractivity contribution in [2.24, 2.45) is 0 Å². The molecule has 0 amide bonds. The Morgan fingerprint density at radius 3 is 2.48 bits per heavy atom. The number of aromatic carboxylic acids is 1. The Kier molecular flexibility index (Phi) is 6.02. The molecular weight excluding hydrogens is 398 g/mol. The third-order valence-electron chi connectivity index (χ3n) is 4.28. The molecule has 0 atom stereocenters. The second-order valence-electron chi connectivity index (χ2n) is 6.34. The van der Waals surface area contributed by atoms with Crippen LogP contribution in [0.25, 0.3) is 22.6 Å². The predicted molar refractivity (Wildman–Crippen MR) is 90.2 cm³/mol. The molecule has 0 saturated heterocycles. The molecule has 0 N–H and O–H groups in total. The van der Waals surface area contributed by atoms with Crippen LogP contribution in [0.2, 0.25) is 0 Å². The van der Waals surface area contributed by atoms with Crippen LogP contribution < -0.4 is 39.4 Å². The van der Waals surface area contributed by atoms with Crippen LogP contribution in [0, 0.1) is 0 Å². The third kappa shape index (κ3) is 4.63. The molecule has 3 aromatic rings. The van der Waals surface area contributed by atoms with E-state index in [-0.39, 0.29) is 52.8 Å². The normalized spacial score (nSPS) is 13.6. The Morgan fingerprint density at radius 2 is 1.90 bits per heavy atom. The number of carbonyl (C=O) groups is 1. The Morgan fingerprint density at radius 1 is 1.17 bits per heavy atom. The molecule has 10 heteroatoms. The van der Waals surface area contributed by atoms with Crippen molar-refractivity contribution in [3.63, 3.8) is 0 Å². The van der Waals surface area contributed by atoms with Gasteiger partial charge in [0.25, 0.3) is 0 Å². The van der Waals surface area contributed by atoms with Crippen LogP contribution in [0.5, 0.6) is 5.75 Å². The van der Waals surface area contributed by atoms with E-state index < -0.39 is 18.1 Å². The molecule has 144 valence electrons. The monoisotopic (exact) mass is 411 g/mol. The number of benzene rings is 1. The summed E-state index contributed by atoms with van der Waals surface area (Å²) < 4.78 is 43.1. The summed E-state index contributed by atoms with van der Waals surface area (Å²) >= 11 is 0. The molecule has 1 saturated carbocycles. The summed E-state index contributed by atoms with van der Waals surface area (Å²) in [5.74, 6) is -1.58. The number of alkyl halides is 3. The minimum Gasteiger partial charge on any atom is -0.543 e. The molecule has 0 spiro atoms. The molecule has 2 heterocycles. The molecule has 0 bridgehead atoms. The number of halogens is 3. The number of hydrogen-bond donors (Lipinski definition) is 0. The van der Waals surface area contributed by atoms with Crippen molar-refractivity contribution in [1.82, 2.24) is 14.5 Å². The van der Waals surface area contributed by atoms with Crippen LogP contribution in [-0.4, -0.2) is 26.9 Å². The van der Waals surface area contributed by atoms with E-state index in [0.29, 0.717) is 11.1 Å². The quantitative estimate of drug-likeness (QED) is 0.561. The SMILES string of the molecule is O=C([O-])c1c(-c2cccnc2)nc(-c2cccc(OC(F)(F)F)c2)n1C1CC1.[Na+]. The largest absolute Gasteiger partial charge is 1.00 e. The predicted octanol–water partition coefficient (Wildman–Crippen LogP) is 0.213. The number of hydrogen-bond acceptors (Lipinski definition) is 5. The van der Waals surface area contributed by atoms with Crippen LogP contribution in [0.3, 0.4) is 0 Å². The molecule has 2 aromatic heterocycles. The van der Waals surface area contributed by atoms with Crippen LogP contribution in [0.4, 0.5) is 13.2 Å². The average Bonchev–Trinajstić information content (AvgIpc) is 3.40. The standard InChI is InChI=1S/C19H14F3N3O3.Na/c20-19(21,22)28-14-5-1-3-11(9-14)17-24-15(12-4-2-8-23-10-12)16(18(26)27)25(17)13-6-7-13;/h1-5,8-10,13H,6-7H2,(H,26,27);/q;+1/p-1. The van der Waals surface area contributed by atoms with Crippen LogP contribution in [0.1, 0.15) is 29.4 Å².